The van der Waals surface area contributed by atoms with Gasteiger partial charge in [0.1, 0.15) is 11.2 Å². The summed E-state index contributed by atoms with van der Waals surface area (Å²) in [5.41, 5.74) is 0.811. The number of anilines is 1. The van der Waals surface area contributed by atoms with E-state index >= 15 is 0 Å². The summed E-state index contributed by atoms with van der Waals surface area (Å²) in [5, 5.41) is 12.6. The Hall–Kier alpha value is -2.62. The van der Waals surface area contributed by atoms with Crippen LogP contribution in [-0.4, -0.2) is 58.3 Å². The molecule has 0 aromatic carbocycles. The monoisotopic (exact) mass is 367 g/mol. The van der Waals surface area contributed by atoms with E-state index in [0.717, 1.165) is 24.2 Å². The maximum absolute atomic E-state index is 12.9. The number of carbonyl (C=O) groups excluding carboxylic acids is 2. The fourth-order valence-corrected chi connectivity index (χ4v) is 4.14. The van der Waals surface area contributed by atoms with Crippen molar-refractivity contribution < 1.29 is 9.59 Å². The fourth-order valence-electron chi connectivity index (χ4n) is 4.14. The molecule has 3 heterocycles. The number of carbonyl (C=O) groups is 2. The Kier molecular flexibility index (Phi) is 3.91. The fraction of sp³-hybridized carbons (Fsp3) is 0.600. The second-order valence-corrected chi connectivity index (χ2v) is 8.72. The smallest absolute Gasteiger partial charge is 0.255 e. The van der Waals surface area contributed by atoms with Gasteiger partial charge in [0.2, 0.25) is 5.91 Å². The van der Waals surface area contributed by atoms with Crippen molar-refractivity contribution in [2.75, 3.05) is 25.5 Å². The topological polar surface area (TPSA) is 89.3 Å². The average Bonchev–Trinajstić information content (AvgIpc) is 3.16. The molecule has 2 amide bonds. The highest BCUT2D eigenvalue weighted by molar-refractivity contribution is 5.95. The second kappa shape index (κ2) is 5.95. The molecule has 27 heavy (non-hydrogen) atoms. The van der Waals surface area contributed by atoms with Crippen molar-refractivity contribution >= 4 is 17.6 Å². The van der Waals surface area contributed by atoms with E-state index in [4.69, 9.17) is 0 Å². The third kappa shape index (κ3) is 3.03. The van der Waals surface area contributed by atoms with Crippen LogP contribution in [0.15, 0.2) is 12.3 Å². The molecule has 0 radical (unpaired) electrons. The normalized spacial score (nSPS) is 23.9. The molecule has 4 rings (SSSR count). The zero-order valence-corrected chi connectivity index (χ0v) is 16.1. The minimum absolute atomic E-state index is 0.0322. The molecule has 1 aromatic rings. The minimum atomic E-state index is -0.810. The van der Waals surface area contributed by atoms with Gasteiger partial charge in [-0.25, -0.2) is 4.98 Å². The number of pyridine rings is 1. The van der Waals surface area contributed by atoms with E-state index in [1.54, 1.807) is 23.0 Å². The number of fused-ring (bicyclic) bond motifs is 1. The molecule has 0 spiro atoms. The number of amides is 2. The van der Waals surface area contributed by atoms with Crippen molar-refractivity contribution in [3.63, 3.8) is 0 Å². The molecule has 0 unspecified atom stereocenters. The first kappa shape index (κ1) is 17.8. The molecule has 1 N–H and O–H groups in total. The number of hydrogen-bond acceptors (Lipinski definition) is 5. The molecular weight excluding hydrogens is 342 g/mol. The van der Waals surface area contributed by atoms with Gasteiger partial charge in [0, 0.05) is 31.9 Å². The Morgan fingerprint density at radius 3 is 2.81 bits per heavy atom. The molecule has 7 heteroatoms. The Morgan fingerprint density at radius 2 is 2.15 bits per heavy atom. The van der Waals surface area contributed by atoms with Crippen LogP contribution in [0.3, 0.4) is 0 Å². The van der Waals surface area contributed by atoms with Crippen LogP contribution in [0.25, 0.3) is 0 Å². The van der Waals surface area contributed by atoms with Crippen LogP contribution in [-0.2, 0) is 11.2 Å². The predicted octanol–water partition coefficient (Wildman–Crippen LogP) is 1.80. The van der Waals surface area contributed by atoms with Crippen LogP contribution in [0, 0.1) is 16.7 Å². The summed E-state index contributed by atoms with van der Waals surface area (Å²) in [5.74, 6) is 0.712. The van der Waals surface area contributed by atoms with E-state index in [1.165, 1.54) is 0 Å². The molecule has 7 nitrogen and oxygen atoms in total. The van der Waals surface area contributed by atoms with Gasteiger partial charge in [-0.05, 0) is 51.2 Å². The Balaban J connectivity index is 1.43. The molecule has 2 aliphatic heterocycles. The van der Waals surface area contributed by atoms with Gasteiger partial charge in [-0.2, -0.15) is 5.26 Å². The first-order valence-corrected chi connectivity index (χ1v) is 9.50. The summed E-state index contributed by atoms with van der Waals surface area (Å²) < 4.78 is 0. The van der Waals surface area contributed by atoms with E-state index in [9.17, 15) is 14.9 Å². The van der Waals surface area contributed by atoms with Gasteiger partial charge in [-0.15, -0.1) is 0 Å². The van der Waals surface area contributed by atoms with Crippen molar-refractivity contribution in [2.45, 2.75) is 51.1 Å². The summed E-state index contributed by atoms with van der Waals surface area (Å²) in [6.45, 7) is 5.34. The lowest BCUT2D eigenvalue weighted by atomic mass is 10.00. The van der Waals surface area contributed by atoms with Gasteiger partial charge in [-0.3, -0.25) is 9.59 Å². The van der Waals surface area contributed by atoms with Gasteiger partial charge < -0.3 is 15.1 Å². The zero-order valence-electron chi connectivity index (χ0n) is 16.1. The lowest BCUT2D eigenvalue weighted by molar-refractivity contribution is -0.135. The number of aromatic nitrogens is 1. The molecule has 1 atom stereocenters. The van der Waals surface area contributed by atoms with E-state index in [0.29, 0.717) is 31.5 Å². The minimum Gasteiger partial charge on any atom is -0.365 e. The lowest BCUT2D eigenvalue weighted by Crippen LogP contribution is -2.43. The number of nitriles is 1. The first-order chi connectivity index (χ1) is 12.7. The van der Waals surface area contributed by atoms with E-state index in [2.05, 4.69) is 30.2 Å². The maximum Gasteiger partial charge on any atom is 0.255 e. The van der Waals surface area contributed by atoms with Gasteiger partial charge in [0.25, 0.3) is 5.91 Å². The Bertz CT molecular complexity index is 852. The molecule has 3 aliphatic rings. The molecule has 142 valence electrons. The Morgan fingerprint density at radius 1 is 1.41 bits per heavy atom. The second-order valence-electron chi connectivity index (χ2n) is 8.72. The number of nitrogens with one attached hydrogen (secondary N) is 1. The first-order valence-electron chi connectivity index (χ1n) is 9.50. The van der Waals surface area contributed by atoms with Crippen LogP contribution in [0.1, 0.15) is 49.0 Å². The van der Waals surface area contributed by atoms with Crippen molar-refractivity contribution in [3.05, 3.63) is 23.4 Å². The zero-order chi connectivity index (χ0) is 19.4. The largest absolute Gasteiger partial charge is 0.365 e. The van der Waals surface area contributed by atoms with Crippen LogP contribution < -0.4 is 5.32 Å². The van der Waals surface area contributed by atoms with Crippen molar-refractivity contribution in [2.24, 2.45) is 5.41 Å². The van der Waals surface area contributed by atoms with Crippen LogP contribution in [0.4, 0.5) is 5.82 Å². The summed E-state index contributed by atoms with van der Waals surface area (Å²) in [4.78, 5) is 33.4. The molecule has 0 bridgehead atoms. The molecule has 1 aromatic heterocycles. The lowest BCUT2D eigenvalue weighted by Gasteiger charge is -2.26. The Labute approximate surface area is 159 Å². The van der Waals surface area contributed by atoms with E-state index < -0.39 is 5.41 Å². The number of rotatable bonds is 3. The molecular formula is C20H25N5O2. The molecule has 1 aliphatic carbocycles. The number of likely N-dealkylation sites (N-methyl/N-ethyl adjacent to an activating group) is 1. The van der Waals surface area contributed by atoms with Crippen molar-refractivity contribution in [3.8, 4) is 6.07 Å². The molecule has 2 fully saturated rings. The highest BCUT2D eigenvalue weighted by Gasteiger charge is 2.53. The van der Waals surface area contributed by atoms with Crippen molar-refractivity contribution in [1.29, 1.82) is 5.26 Å². The summed E-state index contributed by atoms with van der Waals surface area (Å²) in [6.07, 6.45) is 4.50. The third-order valence-corrected chi connectivity index (χ3v) is 5.99. The van der Waals surface area contributed by atoms with Gasteiger partial charge in [-0.1, -0.05) is 0 Å². The number of hydrogen-bond donors (Lipinski definition) is 1. The van der Waals surface area contributed by atoms with Crippen LogP contribution in [0.5, 0.6) is 0 Å². The quantitative estimate of drug-likeness (QED) is 0.880. The maximum atomic E-state index is 12.9. The van der Waals surface area contributed by atoms with Gasteiger partial charge >= 0.3 is 0 Å². The van der Waals surface area contributed by atoms with Gasteiger partial charge in [0.05, 0.1) is 17.7 Å². The molecule has 1 saturated carbocycles. The van der Waals surface area contributed by atoms with E-state index in [1.807, 2.05) is 6.07 Å². The van der Waals surface area contributed by atoms with Crippen LogP contribution in [0.2, 0.25) is 0 Å². The average molecular weight is 367 g/mol. The number of nitrogens with zero attached hydrogens (tertiary/aromatic N) is 4. The number of likely N-dealkylation sites (tertiary alicyclic amines) is 1. The highest BCUT2D eigenvalue weighted by Crippen LogP contribution is 2.46. The summed E-state index contributed by atoms with van der Waals surface area (Å²) >= 11 is 0. The molecule has 1 saturated heterocycles. The predicted molar refractivity (Wildman–Crippen MR) is 100 cm³/mol. The summed E-state index contributed by atoms with van der Waals surface area (Å²) in [6, 6.07) is 4.06. The standard InChI is InChI=1S/C20H25N5O2/c1-19(2)9-13-8-14(10-22-16(13)23-19)17(26)25-7-4-15(11-25)24(3)18(27)20(12-21)5-6-20/h8,10,15H,4-7,9,11H2,1-3H3,(H,22,23)/t15-/m0/s1. The third-order valence-electron chi connectivity index (χ3n) is 5.99. The summed E-state index contributed by atoms with van der Waals surface area (Å²) in [7, 11) is 1.75. The highest BCUT2D eigenvalue weighted by atomic mass is 16.2. The SMILES string of the molecule is CN(C(=O)C1(C#N)CC1)[C@H]1CCN(C(=O)c2cnc3c(c2)CC(C)(C)N3)C1. The van der Waals surface area contributed by atoms with Crippen LogP contribution >= 0.6 is 0 Å². The van der Waals surface area contributed by atoms with Crippen molar-refractivity contribution in [1.82, 2.24) is 14.8 Å². The van der Waals surface area contributed by atoms with Gasteiger partial charge in [0.15, 0.2) is 0 Å². The van der Waals surface area contributed by atoms with E-state index in [-0.39, 0.29) is 23.4 Å².